The number of alkyl halides is 3. The van der Waals surface area contributed by atoms with E-state index in [1.807, 2.05) is 42.3 Å². The Morgan fingerprint density at radius 1 is 1.12 bits per heavy atom. The average Bonchev–Trinajstić information content (AvgIpc) is 3.40. The molecule has 3 aromatic rings. The molecule has 1 aliphatic rings. The fourth-order valence-electron chi connectivity index (χ4n) is 5.33. The van der Waals surface area contributed by atoms with Crippen molar-refractivity contribution in [2.75, 3.05) is 13.6 Å². The van der Waals surface area contributed by atoms with Gasteiger partial charge in [-0.1, -0.05) is 30.3 Å². The highest BCUT2D eigenvalue weighted by Gasteiger charge is 2.41. The van der Waals surface area contributed by atoms with E-state index in [0.717, 1.165) is 5.56 Å². The highest BCUT2D eigenvalue weighted by Crippen LogP contribution is 2.39. The van der Waals surface area contributed by atoms with E-state index in [-0.39, 0.29) is 36.6 Å². The highest BCUT2D eigenvalue weighted by molar-refractivity contribution is 5.97. The third-order valence-corrected chi connectivity index (χ3v) is 7.49. The fraction of sp³-hybridized carbons (Fsp3) is 0.448. The van der Waals surface area contributed by atoms with E-state index in [0.29, 0.717) is 31.6 Å². The van der Waals surface area contributed by atoms with Gasteiger partial charge in [-0.2, -0.15) is 18.3 Å². The highest BCUT2D eigenvalue weighted by atomic mass is 19.4. The summed E-state index contributed by atoms with van der Waals surface area (Å²) < 4.78 is 40.4. The van der Waals surface area contributed by atoms with Crippen LogP contribution in [0.25, 0.3) is 5.82 Å². The molecule has 4 N–H and O–H groups in total. The van der Waals surface area contributed by atoms with Gasteiger partial charge in [-0.3, -0.25) is 9.59 Å². The third-order valence-electron chi connectivity index (χ3n) is 7.49. The SMILES string of the molecule is CN(Cc1ccn(-c2ncccc2C(=O)NC(Cc2ccccc2)C(O)C(N)=O)n1)CC1CCC(C(F)(F)F)CC1. The Morgan fingerprint density at radius 3 is 2.49 bits per heavy atom. The van der Waals surface area contributed by atoms with Gasteiger partial charge in [0.2, 0.25) is 5.91 Å². The molecule has 2 atom stereocenters. The van der Waals surface area contributed by atoms with Crippen LogP contribution in [0.1, 0.15) is 47.3 Å². The number of nitrogens with zero attached hydrogens (tertiary/aromatic N) is 4. The first-order chi connectivity index (χ1) is 19.5. The summed E-state index contributed by atoms with van der Waals surface area (Å²) >= 11 is 0. The normalized spacial score (nSPS) is 19.1. The first-order valence-corrected chi connectivity index (χ1v) is 13.6. The molecule has 0 spiro atoms. The number of aliphatic hydroxyl groups excluding tert-OH is 1. The number of nitrogens with two attached hydrogens (primary N) is 1. The molecule has 41 heavy (non-hydrogen) atoms. The van der Waals surface area contributed by atoms with Crippen LogP contribution < -0.4 is 11.1 Å². The van der Waals surface area contributed by atoms with Crippen LogP contribution in [-0.2, 0) is 17.8 Å². The van der Waals surface area contributed by atoms with Gasteiger partial charge in [0.1, 0.15) is 0 Å². The number of halogens is 3. The number of carbonyl (C=O) groups excluding carboxylic acids is 2. The van der Waals surface area contributed by atoms with Crippen LogP contribution in [0.15, 0.2) is 60.9 Å². The molecule has 1 saturated carbocycles. The van der Waals surface area contributed by atoms with Crippen LogP contribution in [0.2, 0.25) is 0 Å². The number of aromatic nitrogens is 3. The van der Waals surface area contributed by atoms with E-state index in [1.165, 1.54) is 10.9 Å². The minimum atomic E-state index is -4.12. The standard InChI is InChI=1S/C29H35F3N6O3/c1-37(17-20-9-11-21(12-10-20)29(30,31)32)18-22-13-15-38(36-22)27-23(8-5-14-34-27)28(41)35-24(25(39)26(33)40)16-19-6-3-2-4-7-19/h2-8,13-15,20-21,24-25,39H,9-12,16-18H2,1H3,(H2,33,40)(H,35,41). The van der Waals surface area contributed by atoms with E-state index in [2.05, 4.69) is 15.4 Å². The summed E-state index contributed by atoms with van der Waals surface area (Å²) in [4.78, 5) is 31.4. The summed E-state index contributed by atoms with van der Waals surface area (Å²) in [5, 5.41) is 17.7. The number of primary amides is 1. The van der Waals surface area contributed by atoms with Crippen molar-refractivity contribution in [3.8, 4) is 5.82 Å². The summed E-state index contributed by atoms with van der Waals surface area (Å²) in [6, 6.07) is 13.1. The maximum absolute atomic E-state index is 13.3. The Labute approximate surface area is 236 Å². The van der Waals surface area contributed by atoms with Crippen molar-refractivity contribution >= 4 is 11.8 Å². The quantitative estimate of drug-likeness (QED) is 0.324. The first kappa shape index (κ1) is 30.2. The minimum Gasteiger partial charge on any atom is -0.381 e. The Hall–Kier alpha value is -3.77. The predicted octanol–water partition coefficient (Wildman–Crippen LogP) is 3.26. The van der Waals surface area contributed by atoms with E-state index in [9.17, 15) is 27.9 Å². The van der Waals surface area contributed by atoms with Crippen LogP contribution >= 0.6 is 0 Å². The molecule has 1 fully saturated rings. The number of pyridine rings is 1. The molecule has 12 heteroatoms. The number of carbonyl (C=O) groups is 2. The molecular weight excluding hydrogens is 537 g/mol. The van der Waals surface area contributed by atoms with E-state index in [1.54, 1.807) is 24.4 Å². The third kappa shape index (κ3) is 8.14. The van der Waals surface area contributed by atoms with Crippen LogP contribution in [0.3, 0.4) is 0 Å². The van der Waals surface area contributed by atoms with Gasteiger partial charge in [-0.05, 0) is 68.8 Å². The Morgan fingerprint density at radius 2 is 1.83 bits per heavy atom. The van der Waals surface area contributed by atoms with Gasteiger partial charge >= 0.3 is 6.18 Å². The molecule has 4 rings (SSSR count). The van der Waals surface area contributed by atoms with Crippen LogP contribution in [0.4, 0.5) is 13.2 Å². The number of hydrogen-bond donors (Lipinski definition) is 3. The van der Waals surface area contributed by atoms with Gasteiger partial charge in [0, 0.05) is 25.5 Å². The van der Waals surface area contributed by atoms with Crippen molar-refractivity contribution in [3.63, 3.8) is 0 Å². The molecule has 0 aliphatic heterocycles. The van der Waals surface area contributed by atoms with E-state index < -0.39 is 36.1 Å². The van der Waals surface area contributed by atoms with Crippen LogP contribution in [-0.4, -0.2) is 68.5 Å². The molecule has 2 unspecified atom stereocenters. The van der Waals surface area contributed by atoms with Crippen molar-refractivity contribution in [3.05, 3.63) is 77.7 Å². The lowest BCUT2D eigenvalue weighted by Gasteiger charge is -2.32. The minimum absolute atomic E-state index is 0.170. The molecule has 0 bridgehead atoms. The van der Waals surface area contributed by atoms with E-state index >= 15 is 0 Å². The van der Waals surface area contributed by atoms with Gasteiger partial charge in [0.05, 0.1) is 23.2 Å². The molecule has 220 valence electrons. The van der Waals surface area contributed by atoms with Crippen molar-refractivity contribution in [2.45, 2.75) is 57.0 Å². The van der Waals surface area contributed by atoms with Crippen molar-refractivity contribution < 1.29 is 27.9 Å². The molecule has 2 aromatic heterocycles. The molecule has 1 aliphatic carbocycles. The summed E-state index contributed by atoms with van der Waals surface area (Å²) in [6.45, 7) is 1.14. The van der Waals surface area contributed by atoms with Gasteiger partial charge in [0.15, 0.2) is 11.9 Å². The summed E-state index contributed by atoms with van der Waals surface area (Å²) in [6.07, 6.45) is -0.899. The molecule has 2 amide bonds. The number of nitrogens with one attached hydrogen (secondary N) is 1. The zero-order chi connectivity index (χ0) is 29.6. The van der Waals surface area contributed by atoms with Gasteiger partial charge in [-0.25, -0.2) is 9.67 Å². The molecule has 1 aromatic carbocycles. The number of benzene rings is 1. The smallest absolute Gasteiger partial charge is 0.381 e. The lowest BCUT2D eigenvalue weighted by Crippen LogP contribution is -2.50. The van der Waals surface area contributed by atoms with Gasteiger partial charge < -0.3 is 21.1 Å². The van der Waals surface area contributed by atoms with Crippen molar-refractivity contribution in [2.24, 2.45) is 17.6 Å². The lowest BCUT2D eigenvalue weighted by atomic mass is 9.81. The molecule has 2 heterocycles. The van der Waals surface area contributed by atoms with Gasteiger partial charge in [0.25, 0.3) is 5.91 Å². The topological polar surface area (TPSA) is 126 Å². The first-order valence-electron chi connectivity index (χ1n) is 13.6. The largest absolute Gasteiger partial charge is 0.391 e. The number of amides is 2. The summed E-state index contributed by atoms with van der Waals surface area (Å²) in [5.74, 6) is -2.25. The monoisotopic (exact) mass is 572 g/mol. The predicted molar refractivity (Wildman–Crippen MR) is 146 cm³/mol. The Kier molecular flexibility index (Phi) is 9.77. The second kappa shape index (κ2) is 13.3. The number of rotatable bonds is 11. The molecule has 0 radical (unpaired) electrons. The zero-order valence-electron chi connectivity index (χ0n) is 22.8. The van der Waals surface area contributed by atoms with Crippen LogP contribution in [0, 0.1) is 11.8 Å². The Bertz CT molecular complexity index is 1310. The second-order valence-electron chi connectivity index (χ2n) is 10.7. The molecule has 0 saturated heterocycles. The van der Waals surface area contributed by atoms with Crippen LogP contribution in [0.5, 0.6) is 0 Å². The number of aliphatic hydroxyl groups is 1. The van der Waals surface area contributed by atoms with Crippen molar-refractivity contribution in [1.82, 2.24) is 25.0 Å². The average molecular weight is 573 g/mol. The lowest BCUT2D eigenvalue weighted by molar-refractivity contribution is -0.184. The summed E-state index contributed by atoms with van der Waals surface area (Å²) in [7, 11) is 1.91. The fourth-order valence-corrected chi connectivity index (χ4v) is 5.33. The molecule has 9 nitrogen and oxygen atoms in total. The van der Waals surface area contributed by atoms with E-state index in [4.69, 9.17) is 5.73 Å². The van der Waals surface area contributed by atoms with Gasteiger partial charge in [-0.15, -0.1) is 0 Å². The Balaban J connectivity index is 1.41. The maximum Gasteiger partial charge on any atom is 0.391 e. The second-order valence-corrected chi connectivity index (χ2v) is 10.7. The van der Waals surface area contributed by atoms with Crippen molar-refractivity contribution in [1.29, 1.82) is 0 Å². The maximum atomic E-state index is 13.3. The zero-order valence-corrected chi connectivity index (χ0v) is 22.8. The summed E-state index contributed by atoms with van der Waals surface area (Å²) in [5.41, 5.74) is 7.03. The number of hydrogen-bond acceptors (Lipinski definition) is 6. The molecular formula is C29H35F3N6O3.